The van der Waals surface area contributed by atoms with Crippen LogP contribution >= 0.6 is 0 Å². The Morgan fingerprint density at radius 3 is 2.73 bits per heavy atom. The van der Waals surface area contributed by atoms with E-state index in [0.717, 1.165) is 16.0 Å². The maximum absolute atomic E-state index is 12.2. The molecule has 1 aromatic carbocycles. The number of carbonyl (C=O) groups is 4. The average molecular weight is 357 g/mol. The summed E-state index contributed by atoms with van der Waals surface area (Å²) in [5.41, 5.74) is 1.76. The van der Waals surface area contributed by atoms with Gasteiger partial charge in [0.05, 0.1) is 12.5 Å². The van der Waals surface area contributed by atoms with Gasteiger partial charge in [-0.15, -0.1) is 0 Å². The zero-order valence-corrected chi connectivity index (χ0v) is 14.3. The third-order valence-electron chi connectivity index (χ3n) is 4.34. The minimum Gasteiger partial charge on any atom is -0.455 e. The van der Waals surface area contributed by atoms with E-state index in [4.69, 9.17) is 4.74 Å². The number of carbonyl (C=O) groups excluding carboxylic acids is 4. The summed E-state index contributed by atoms with van der Waals surface area (Å²) in [5.74, 6) is -1.38. The van der Waals surface area contributed by atoms with Crippen LogP contribution in [0.5, 0.6) is 0 Å². The molecule has 26 heavy (non-hydrogen) atoms. The van der Waals surface area contributed by atoms with Crippen molar-refractivity contribution in [1.82, 2.24) is 15.1 Å². The predicted molar refractivity (Wildman–Crippen MR) is 91.4 cm³/mol. The molecule has 2 aliphatic heterocycles. The second-order valence-electron chi connectivity index (χ2n) is 6.03. The van der Waals surface area contributed by atoms with Gasteiger partial charge in [-0.3, -0.25) is 19.3 Å². The fraction of sp³-hybridized carbons (Fsp3) is 0.333. The van der Waals surface area contributed by atoms with Crippen molar-refractivity contribution in [1.29, 1.82) is 0 Å². The molecule has 1 N–H and O–H groups in total. The molecule has 0 aromatic heterocycles. The first-order chi connectivity index (χ1) is 12.5. The summed E-state index contributed by atoms with van der Waals surface area (Å²) in [7, 11) is 0. The number of fused-ring (bicyclic) bond motifs is 1. The highest BCUT2D eigenvalue weighted by Crippen LogP contribution is 2.33. The molecular weight excluding hydrogens is 338 g/mol. The Morgan fingerprint density at radius 1 is 1.27 bits per heavy atom. The molecule has 2 aliphatic rings. The number of hydrogen-bond acceptors (Lipinski definition) is 5. The number of amides is 4. The Bertz CT molecular complexity index is 789. The van der Waals surface area contributed by atoms with Crippen LogP contribution in [0.1, 0.15) is 30.5 Å². The summed E-state index contributed by atoms with van der Waals surface area (Å²) in [5, 5.41) is 2.51. The van der Waals surface area contributed by atoms with Gasteiger partial charge in [0.2, 0.25) is 5.91 Å². The summed E-state index contributed by atoms with van der Waals surface area (Å²) in [6.07, 6.45) is 3.37. The van der Waals surface area contributed by atoms with Gasteiger partial charge in [0.15, 0.2) is 6.61 Å². The fourth-order valence-electron chi connectivity index (χ4n) is 3.06. The molecule has 2 heterocycles. The molecule has 0 spiro atoms. The van der Waals surface area contributed by atoms with Crippen molar-refractivity contribution >= 4 is 29.9 Å². The van der Waals surface area contributed by atoms with Gasteiger partial charge in [-0.1, -0.05) is 24.3 Å². The SMILES string of the molecule is CC(=O)N1C=Cc2ccccc2[C@H]1CC(=O)OCC(=O)N1CCNC1=O. The summed E-state index contributed by atoms with van der Waals surface area (Å²) in [6, 6.07) is 6.49. The van der Waals surface area contributed by atoms with Crippen molar-refractivity contribution < 1.29 is 23.9 Å². The van der Waals surface area contributed by atoms with Crippen LogP contribution in [0, 0.1) is 0 Å². The molecule has 0 radical (unpaired) electrons. The maximum Gasteiger partial charge on any atom is 0.324 e. The molecule has 136 valence electrons. The number of rotatable bonds is 4. The number of benzene rings is 1. The summed E-state index contributed by atoms with van der Waals surface area (Å²) >= 11 is 0. The van der Waals surface area contributed by atoms with E-state index in [0.29, 0.717) is 6.54 Å². The van der Waals surface area contributed by atoms with Crippen molar-refractivity contribution in [2.45, 2.75) is 19.4 Å². The van der Waals surface area contributed by atoms with Gasteiger partial charge >= 0.3 is 12.0 Å². The van der Waals surface area contributed by atoms with Gasteiger partial charge in [-0.25, -0.2) is 4.79 Å². The van der Waals surface area contributed by atoms with E-state index in [1.807, 2.05) is 30.3 Å². The minimum absolute atomic E-state index is 0.0829. The van der Waals surface area contributed by atoms with Gasteiger partial charge in [0.1, 0.15) is 0 Å². The first kappa shape index (κ1) is 17.7. The van der Waals surface area contributed by atoms with E-state index < -0.39 is 30.6 Å². The summed E-state index contributed by atoms with van der Waals surface area (Å²) in [6.45, 7) is 1.56. The molecule has 0 aliphatic carbocycles. The number of imide groups is 1. The van der Waals surface area contributed by atoms with E-state index in [9.17, 15) is 19.2 Å². The topological polar surface area (TPSA) is 96.0 Å². The normalized spacial score (nSPS) is 18.3. The molecule has 1 saturated heterocycles. The molecule has 0 unspecified atom stereocenters. The number of esters is 1. The number of nitrogens with zero attached hydrogens (tertiary/aromatic N) is 2. The first-order valence-corrected chi connectivity index (χ1v) is 8.27. The fourth-order valence-corrected chi connectivity index (χ4v) is 3.06. The third kappa shape index (κ3) is 3.58. The van der Waals surface area contributed by atoms with Gasteiger partial charge < -0.3 is 15.0 Å². The lowest BCUT2D eigenvalue weighted by atomic mass is 9.94. The van der Waals surface area contributed by atoms with Crippen molar-refractivity contribution in [3.63, 3.8) is 0 Å². The Kier molecular flexibility index (Phi) is 5.01. The quantitative estimate of drug-likeness (QED) is 0.813. The summed E-state index contributed by atoms with van der Waals surface area (Å²) in [4.78, 5) is 50.0. The largest absolute Gasteiger partial charge is 0.455 e. The van der Waals surface area contributed by atoms with Crippen molar-refractivity contribution in [3.8, 4) is 0 Å². The lowest BCUT2D eigenvalue weighted by molar-refractivity contribution is -0.152. The molecule has 8 heteroatoms. The Balaban J connectivity index is 1.65. The van der Waals surface area contributed by atoms with Crippen LogP contribution in [0.3, 0.4) is 0 Å². The number of urea groups is 1. The first-order valence-electron chi connectivity index (χ1n) is 8.27. The van der Waals surface area contributed by atoms with E-state index in [1.54, 1.807) is 6.20 Å². The van der Waals surface area contributed by atoms with E-state index >= 15 is 0 Å². The van der Waals surface area contributed by atoms with Crippen molar-refractivity contribution in [3.05, 3.63) is 41.6 Å². The van der Waals surface area contributed by atoms with Crippen LogP contribution in [0.15, 0.2) is 30.5 Å². The highest BCUT2D eigenvalue weighted by Gasteiger charge is 2.30. The van der Waals surface area contributed by atoms with Crippen LogP contribution in [0.25, 0.3) is 6.08 Å². The lowest BCUT2D eigenvalue weighted by Crippen LogP contribution is -2.37. The van der Waals surface area contributed by atoms with Crippen LogP contribution in [-0.4, -0.2) is 53.3 Å². The predicted octanol–water partition coefficient (Wildman–Crippen LogP) is 1.05. The van der Waals surface area contributed by atoms with Gasteiger partial charge in [0.25, 0.3) is 5.91 Å². The molecule has 1 aromatic rings. The Morgan fingerprint density at radius 2 is 2.04 bits per heavy atom. The molecule has 0 saturated carbocycles. The van der Waals surface area contributed by atoms with E-state index in [-0.39, 0.29) is 18.9 Å². The standard InChI is InChI=1S/C18H19N3O5/c1-12(22)20-8-6-13-4-2-3-5-14(13)15(20)10-17(24)26-11-16(23)21-9-7-19-18(21)25/h2-6,8,15H,7,9-11H2,1H3,(H,19,25)/t15-/m1/s1. The van der Waals surface area contributed by atoms with Gasteiger partial charge in [-0.2, -0.15) is 0 Å². The number of hydrogen-bond donors (Lipinski definition) is 1. The lowest BCUT2D eigenvalue weighted by Gasteiger charge is -2.32. The molecular formula is C18H19N3O5. The zero-order valence-electron chi connectivity index (χ0n) is 14.3. The third-order valence-corrected chi connectivity index (χ3v) is 4.34. The molecule has 1 atom stereocenters. The average Bonchev–Trinajstić information content (AvgIpc) is 3.05. The molecule has 8 nitrogen and oxygen atoms in total. The Hall–Kier alpha value is -3.16. The second kappa shape index (κ2) is 7.38. The van der Waals surface area contributed by atoms with Crippen molar-refractivity contribution in [2.75, 3.05) is 19.7 Å². The molecule has 4 amide bonds. The van der Waals surface area contributed by atoms with Crippen molar-refractivity contribution in [2.24, 2.45) is 0 Å². The highest BCUT2D eigenvalue weighted by molar-refractivity contribution is 5.97. The van der Waals surface area contributed by atoms with Crippen LogP contribution in [0.4, 0.5) is 4.79 Å². The van der Waals surface area contributed by atoms with Crippen LogP contribution in [0.2, 0.25) is 0 Å². The zero-order chi connectivity index (χ0) is 18.7. The Labute approximate surface area is 150 Å². The molecule has 0 bridgehead atoms. The van der Waals surface area contributed by atoms with Gasteiger partial charge in [-0.05, 0) is 17.2 Å². The van der Waals surface area contributed by atoms with Gasteiger partial charge in [0, 0.05) is 26.2 Å². The maximum atomic E-state index is 12.2. The second-order valence-corrected chi connectivity index (χ2v) is 6.03. The van der Waals surface area contributed by atoms with Crippen LogP contribution in [-0.2, 0) is 19.1 Å². The number of nitrogens with one attached hydrogen (secondary N) is 1. The van der Waals surface area contributed by atoms with E-state index in [1.165, 1.54) is 11.8 Å². The smallest absolute Gasteiger partial charge is 0.324 e. The number of ether oxygens (including phenoxy) is 1. The van der Waals surface area contributed by atoms with Crippen LogP contribution < -0.4 is 5.32 Å². The molecule has 3 rings (SSSR count). The minimum atomic E-state index is -0.612. The monoisotopic (exact) mass is 357 g/mol. The highest BCUT2D eigenvalue weighted by atomic mass is 16.5. The van der Waals surface area contributed by atoms with E-state index in [2.05, 4.69) is 5.32 Å². The summed E-state index contributed by atoms with van der Waals surface area (Å²) < 4.78 is 5.04. The molecule has 1 fully saturated rings.